The molecule has 0 saturated heterocycles. The number of imidazole rings is 1. The van der Waals surface area contributed by atoms with Gasteiger partial charge in [0.05, 0.1) is 6.33 Å². The van der Waals surface area contributed by atoms with Crippen LogP contribution in [0.4, 0.5) is 0 Å². The highest BCUT2D eigenvalue weighted by atomic mass is 15.1. The van der Waals surface area contributed by atoms with E-state index in [1.165, 1.54) is 0 Å². The number of rotatable bonds is 1. The van der Waals surface area contributed by atoms with Crippen LogP contribution in [0.3, 0.4) is 0 Å². The van der Waals surface area contributed by atoms with Crippen molar-refractivity contribution in [2.24, 2.45) is 11.8 Å². The molecule has 0 radical (unpaired) electrons. The molecule has 0 amide bonds. The Kier molecular flexibility index (Phi) is 1.10. The van der Waals surface area contributed by atoms with Crippen molar-refractivity contribution in [3.05, 3.63) is 18.7 Å². The summed E-state index contributed by atoms with van der Waals surface area (Å²) in [7, 11) is 0. The van der Waals surface area contributed by atoms with E-state index >= 15 is 0 Å². The highest BCUT2D eigenvalue weighted by Gasteiger charge is 2.43. The minimum atomic E-state index is 0.725. The Labute approximate surface area is 60.9 Å². The molecule has 1 aromatic rings. The summed E-state index contributed by atoms with van der Waals surface area (Å²) in [5.74, 6) is 1.68. The number of aromatic nitrogens is 2. The molecule has 54 valence electrons. The molecule has 2 nitrogen and oxygen atoms in total. The lowest BCUT2D eigenvalue weighted by molar-refractivity contribution is 0.668. The number of hydrogen-bond acceptors (Lipinski definition) is 1. The summed E-state index contributed by atoms with van der Waals surface area (Å²) in [4.78, 5) is 4.02. The molecule has 0 aliphatic heterocycles. The zero-order chi connectivity index (χ0) is 7.14. The summed E-state index contributed by atoms with van der Waals surface area (Å²) >= 11 is 0. The van der Waals surface area contributed by atoms with E-state index in [0.29, 0.717) is 0 Å². The Hall–Kier alpha value is -0.790. The smallest absolute Gasteiger partial charge is 0.0948 e. The highest BCUT2D eigenvalue weighted by molar-refractivity contribution is 4.98. The van der Waals surface area contributed by atoms with Gasteiger partial charge < -0.3 is 4.57 Å². The van der Waals surface area contributed by atoms with Crippen LogP contribution >= 0.6 is 0 Å². The molecular weight excluding hydrogens is 124 g/mol. The first-order valence-electron chi connectivity index (χ1n) is 3.78. The molecule has 2 unspecified atom stereocenters. The summed E-state index contributed by atoms with van der Waals surface area (Å²) in [5, 5.41) is 0. The van der Waals surface area contributed by atoms with Crippen LogP contribution in [0.1, 0.15) is 19.9 Å². The van der Waals surface area contributed by atoms with Gasteiger partial charge in [0.25, 0.3) is 0 Å². The van der Waals surface area contributed by atoms with Crippen molar-refractivity contribution >= 4 is 0 Å². The molecule has 1 aliphatic rings. The predicted octanol–water partition coefficient (Wildman–Crippen LogP) is 1.71. The zero-order valence-corrected chi connectivity index (χ0v) is 6.36. The summed E-state index contributed by atoms with van der Waals surface area (Å²) in [5.41, 5.74) is 0. The Morgan fingerprint density at radius 1 is 1.30 bits per heavy atom. The first-order valence-corrected chi connectivity index (χ1v) is 3.78. The van der Waals surface area contributed by atoms with Crippen LogP contribution in [0.5, 0.6) is 0 Å². The fourth-order valence-corrected chi connectivity index (χ4v) is 1.63. The lowest BCUT2D eigenvalue weighted by atomic mass is 10.4. The monoisotopic (exact) mass is 136 g/mol. The Balaban J connectivity index is 2.17. The van der Waals surface area contributed by atoms with Gasteiger partial charge in [-0.1, -0.05) is 13.8 Å². The third kappa shape index (κ3) is 0.681. The Morgan fingerprint density at radius 3 is 2.40 bits per heavy atom. The number of nitrogens with zero attached hydrogens (tertiary/aromatic N) is 2. The molecule has 2 atom stereocenters. The van der Waals surface area contributed by atoms with Crippen molar-refractivity contribution in [3.63, 3.8) is 0 Å². The molecule has 1 aliphatic carbocycles. The van der Waals surface area contributed by atoms with Crippen molar-refractivity contribution in [1.82, 2.24) is 9.55 Å². The summed E-state index contributed by atoms with van der Waals surface area (Å²) in [6.07, 6.45) is 5.80. The standard InChI is InChI=1S/C8H12N2/c1-6-7(2)8(6)10-4-3-9-5-10/h3-8H,1-2H3. The molecule has 2 heteroatoms. The largest absolute Gasteiger partial charge is 0.334 e. The van der Waals surface area contributed by atoms with E-state index in [4.69, 9.17) is 0 Å². The van der Waals surface area contributed by atoms with Crippen molar-refractivity contribution < 1.29 is 0 Å². The van der Waals surface area contributed by atoms with E-state index in [1.807, 2.05) is 18.7 Å². The first-order chi connectivity index (χ1) is 4.80. The van der Waals surface area contributed by atoms with Crippen LogP contribution < -0.4 is 0 Å². The maximum Gasteiger partial charge on any atom is 0.0948 e. The van der Waals surface area contributed by atoms with Crippen LogP contribution in [0, 0.1) is 11.8 Å². The van der Waals surface area contributed by atoms with E-state index in [2.05, 4.69) is 23.4 Å². The van der Waals surface area contributed by atoms with Crippen molar-refractivity contribution in [1.29, 1.82) is 0 Å². The van der Waals surface area contributed by atoms with Crippen molar-refractivity contribution in [2.75, 3.05) is 0 Å². The predicted molar refractivity (Wildman–Crippen MR) is 39.6 cm³/mol. The average molecular weight is 136 g/mol. The van der Waals surface area contributed by atoms with Crippen LogP contribution in [0.2, 0.25) is 0 Å². The molecule has 0 N–H and O–H groups in total. The fourth-order valence-electron chi connectivity index (χ4n) is 1.63. The van der Waals surface area contributed by atoms with Crippen LogP contribution in [-0.2, 0) is 0 Å². The molecule has 2 rings (SSSR count). The van der Waals surface area contributed by atoms with E-state index in [-0.39, 0.29) is 0 Å². The second-order valence-electron chi connectivity index (χ2n) is 3.22. The lowest BCUT2D eigenvalue weighted by Crippen LogP contribution is -1.90. The van der Waals surface area contributed by atoms with Gasteiger partial charge in [-0.3, -0.25) is 0 Å². The summed E-state index contributed by atoms with van der Waals surface area (Å²) in [6, 6.07) is 0.725. The van der Waals surface area contributed by atoms with Crippen LogP contribution in [0.25, 0.3) is 0 Å². The third-order valence-corrected chi connectivity index (χ3v) is 2.63. The average Bonchev–Trinajstić information content (AvgIpc) is 2.37. The minimum absolute atomic E-state index is 0.725. The van der Waals surface area contributed by atoms with Crippen molar-refractivity contribution in [2.45, 2.75) is 19.9 Å². The van der Waals surface area contributed by atoms with Gasteiger partial charge in [-0.2, -0.15) is 0 Å². The lowest BCUT2D eigenvalue weighted by Gasteiger charge is -1.95. The van der Waals surface area contributed by atoms with E-state index < -0.39 is 0 Å². The molecule has 1 aromatic heterocycles. The first kappa shape index (κ1) is 5.96. The number of hydrogen-bond donors (Lipinski definition) is 0. The molecule has 10 heavy (non-hydrogen) atoms. The Bertz CT molecular complexity index is 207. The summed E-state index contributed by atoms with van der Waals surface area (Å²) in [6.45, 7) is 4.57. The minimum Gasteiger partial charge on any atom is -0.334 e. The highest BCUT2D eigenvalue weighted by Crippen LogP contribution is 2.49. The van der Waals surface area contributed by atoms with E-state index in [9.17, 15) is 0 Å². The maximum absolute atomic E-state index is 4.02. The second kappa shape index (κ2) is 1.84. The van der Waals surface area contributed by atoms with Gasteiger partial charge in [0.2, 0.25) is 0 Å². The van der Waals surface area contributed by atoms with Gasteiger partial charge in [0, 0.05) is 18.4 Å². The molecule has 1 fully saturated rings. The van der Waals surface area contributed by atoms with Gasteiger partial charge in [0.15, 0.2) is 0 Å². The molecule has 0 spiro atoms. The van der Waals surface area contributed by atoms with Gasteiger partial charge in [-0.05, 0) is 11.8 Å². The molecular formula is C8H12N2. The second-order valence-corrected chi connectivity index (χ2v) is 3.22. The van der Waals surface area contributed by atoms with Gasteiger partial charge >= 0.3 is 0 Å². The van der Waals surface area contributed by atoms with Gasteiger partial charge in [0.1, 0.15) is 0 Å². The fraction of sp³-hybridized carbons (Fsp3) is 0.625. The van der Waals surface area contributed by atoms with E-state index in [0.717, 1.165) is 17.9 Å². The third-order valence-electron chi connectivity index (χ3n) is 2.63. The van der Waals surface area contributed by atoms with Crippen LogP contribution in [-0.4, -0.2) is 9.55 Å². The van der Waals surface area contributed by atoms with Crippen LogP contribution in [0.15, 0.2) is 18.7 Å². The molecule has 1 heterocycles. The van der Waals surface area contributed by atoms with Gasteiger partial charge in [-0.25, -0.2) is 4.98 Å². The normalized spacial score (nSPS) is 38.0. The summed E-state index contributed by atoms with van der Waals surface area (Å²) < 4.78 is 2.20. The Morgan fingerprint density at radius 2 is 2.00 bits per heavy atom. The van der Waals surface area contributed by atoms with Gasteiger partial charge in [-0.15, -0.1) is 0 Å². The maximum atomic E-state index is 4.02. The van der Waals surface area contributed by atoms with Crippen molar-refractivity contribution in [3.8, 4) is 0 Å². The quantitative estimate of drug-likeness (QED) is 0.574. The molecule has 0 aromatic carbocycles. The topological polar surface area (TPSA) is 17.8 Å². The molecule has 0 bridgehead atoms. The zero-order valence-electron chi connectivity index (χ0n) is 6.36. The van der Waals surface area contributed by atoms with E-state index in [1.54, 1.807) is 0 Å². The SMILES string of the molecule is CC1C(C)C1n1ccnc1. The molecule has 1 saturated carbocycles.